The number of carbonyl (C=O) groups is 3. The van der Waals surface area contributed by atoms with Crippen LogP contribution in [0.25, 0.3) is 10.8 Å². The fraction of sp³-hybridized carbons (Fsp3) is 0.208. The van der Waals surface area contributed by atoms with E-state index in [1.54, 1.807) is 0 Å². The van der Waals surface area contributed by atoms with Gasteiger partial charge < -0.3 is 5.32 Å². The summed E-state index contributed by atoms with van der Waals surface area (Å²) in [5.41, 5.74) is 0.338. The van der Waals surface area contributed by atoms with E-state index in [9.17, 15) is 24.5 Å². The topological polar surface area (TPSA) is 110 Å². The van der Waals surface area contributed by atoms with Gasteiger partial charge in [-0.15, -0.1) is 0 Å². The molecule has 32 heavy (non-hydrogen) atoms. The molecule has 8 nitrogen and oxygen atoms in total. The molecule has 0 radical (unpaired) electrons. The zero-order valence-electron chi connectivity index (χ0n) is 17.2. The van der Waals surface area contributed by atoms with Gasteiger partial charge in [-0.25, -0.2) is 0 Å². The fourth-order valence-electron chi connectivity index (χ4n) is 3.95. The van der Waals surface area contributed by atoms with Crippen molar-refractivity contribution in [2.24, 2.45) is 0 Å². The number of amides is 3. The van der Waals surface area contributed by atoms with E-state index in [4.69, 9.17) is 0 Å². The molecule has 3 amide bonds. The Morgan fingerprint density at radius 2 is 1.66 bits per heavy atom. The standard InChI is InChI=1S/C24H21N3O5/c28-21(25-19-12-6-9-16-8-3-4-10-17(16)19)14-2-1-5-15-26-23(29)18-11-7-13-20(27(31)32)22(18)24(26)30/h3-4,6-13H,1-2,5,14-15H2,(H,25,28). The highest BCUT2D eigenvalue weighted by Crippen LogP contribution is 2.31. The summed E-state index contributed by atoms with van der Waals surface area (Å²) in [5.74, 6) is -1.24. The molecule has 0 atom stereocenters. The highest BCUT2D eigenvalue weighted by molar-refractivity contribution is 6.23. The molecule has 0 aliphatic carbocycles. The molecule has 1 aliphatic heterocycles. The molecule has 162 valence electrons. The molecule has 3 aromatic rings. The third kappa shape index (κ3) is 4.07. The molecular formula is C24H21N3O5. The van der Waals surface area contributed by atoms with Crippen molar-refractivity contribution in [3.8, 4) is 0 Å². The number of nitro benzene ring substituents is 1. The van der Waals surface area contributed by atoms with Gasteiger partial charge in [0.25, 0.3) is 17.5 Å². The maximum Gasteiger partial charge on any atom is 0.282 e. The predicted molar refractivity (Wildman–Crippen MR) is 120 cm³/mol. The van der Waals surface area contributed by atoms with E-state index in [0.29, 0.717) is 25.7 Å². The zero-order chi connectivity index (χ0) is 22.7. The highest BCUT2D eigenvalue weighted by Gasteiger charge is 2.40. The van der Waals surface area contributed by atoms with Gasteiger partial charge in [-0.3, -0.25) is 29.4 Å². The molecule has 3 aromatic carbocycles. The number of imide groups is 1. The minimum atomic E-state index is -0.651. The lowest BCUT2D eigenvalue weighted by atomic mass is 10.1. The Balaban J connectivity index is 1.27. The molecule has 1 heterocycles. The third-order valence-corrected chi connectivity index (χ3v) is 5.52. The van der Waals surface area contributed by atoms with Gasteiger partial charge in [0, 0.05) is 30.1 Å². The van der Waals surface area contributed by atoms with Crippen LogP contribution in [0, 0.1) is 10.1 Å². The number of benzene rings is 3. The Morgan fingerprint density at radius 1 is 0.906 bits per heavy atom. The second-order valence-electron chi connectivity index (χ2n) is 7.60. The number of unbranched alkanes of at least 4 members (excludes halogenated alkanes) is 2. The van der Waals surface area contributed by atoms with Crippen molar-refractivity contribution < 1.29 is 19.3 Å². The van der Waals surface area contributed by atoms with Gasteiger partial charge in [0.15, 0.2) is 0 Å². The summed E-state index contributed by atoms with van der Waals surface area (Å²) < 4.78 is 0. The first kappa shape index (κ1) is 21.2. The number of carbonyl (C=O) groups excluding carboxylic acids is 3. The maximum atomic E-state index is 12.6. The smallest absolute Gasteiger partial charge is 0.282 e. The highest BCUT2D eigenvalue weighted by atomic mass is 16.6. The van der Waals surface area contributed by atoms with E-state index in [2.05, 4.69) is 5.32 Å². The lowest BCUT2D eigenvalue weighted by Crippen LogP contribution is -2.30. The van der Waals surface area contributed by atoms with Crippen LogP contribution in [0.1, 0.15) is 46.4 Å². The van der Waals surface area contributed by atoms with Crippen LogP contribution in [0.15, 0.2) is 60.7 Å². The molecule has 0 saturated carbocycles. The fourth-order valence-corrected chi connectivity index (χ4v) is 3.95. The van der Waals surface area contributed by atoms with Crippen molar-refractivity contribution >= 4 is 39.9 Å². The molecular weight excluding hydrogens is 410 g/mol. The van der Waals surface area contributed by atoms with Crippen molar-refractivity contribution in [1.29, 1.82) is 0 Å². The van der Waals surface area contributed by atoms with E-state index >= 15 is 0 Å². The van der Waals surface area contributed by atoms with Gasteiger partial charge in [-0.05, 0) is 30.4 Å². The molecule has 0 bridgehead atoms. The number of nitrogens with one attached hydrogen (secondary N) is 1. The van der Waals surface area contributed by atoms with Gasteiger partial charge >= 0.3 is 0 Å². The van der Waals surface area contributed by atoms with Crippen LogP contribution in [0.2, 0.25) is 0 Å². The van der Waals surface area contributed by atoms with Crippen molar-refractivity contribution in [3.63, 3.8) is 0 Å². The number of fused-ring (bicyclic) bond motifs is 2. The van der Waals surface area contributed by atoms with Crippen LogP contribution in [0.5, 0.6) is 0 Å². The summed E-state index contributed by atoms with van der Waals surface area (Å²) in [7, 11) is 0. The molecule has 1 aliphatic rings. The monoisotopic (exact) mass is 431 g/mol. The number of hydrogen-bond acceptors (Lipinski definition) is 5. The minimum Gasteiger partial charge on any atom is -0.326 e. The molecule has 0 aromatic heterocycles. The van der Waals surface area contributed by atoms with Gasteiger partial charge in [0.2, 0.25) is 5.91 Å². The van der Waals surface area contributed by atoms with Crippen LogP contribution in [0.4, 0.5) is 11.4 Å². The normalized spacial score (nSPS) is 12.8. The van der Waals surface area contributed by atoms with Crippen LogP contribution >= 0.6 is 0 Å². The summed E-state index contributed by atoms with van der Waals surface area (Å²) in [6.07, 6.45) is 2.07. The number of anilines is 1. The first-order valence-corrected chi connectivity index (χ1v) is 10.4. The largest absolute Gasteiger partial charge is 0.326 e. The molecule has 0 fully saturated rings. The van der Waals surface area contributed by atoms with Gasteiger partial charge in [0.05, 0.1) is 10.5 Å². The number of nitro groups is 1. The average Bonchev–Trinajstić information content (AvgIpc) is 3.04. The van der Waals surface area contributed by atoms with E-state index in [1.807, 2.05) is 42.5 Å². The van der Waals surface area contributed by atoms with Crippen LogP contribution in [-0.4, -0.2) is 34.1 Å². The Kier molecular flexibility index (Phi) is 5.93. The Morgan fingerprint density at radius 3 is 2.47 bits per heavy atom. The third-order valence-electron chi connectivity index (χ3n) is 5.52. The quantitative estimate of drug-likeness (QED) is 0.244. The van der Waals surface area contributed by atoms with Crippen LogP contribution in [0.3, 0.4) is 0 Å². The molecule has 0 saturated heterocycles. The van der Waals surface area contributed by atoms with E-state index in [1.165, 1.54) is 18.2 Å². The van der Waals surface area contributed by atoms with Gasteiger partial charge in [-0.1, -0.05) is 48.9 Å². The summed E-state index contributed by atoms with van der Waals surface area (Å²) >= 11 is 0. The molecule has 1 N–H and O–H groups in total. The summed E-state index contributed by atoms with van der Waals surface area (Å²) in [6, 6.07) is 17.6. The molecule has 4 rings (SSSR count). The second kappa shape index (κ2) is 8.97. The van der Waals surface area contributed by atoms with Crippen LogP contribution < -0.4 is 5.32 Å². The van der Waals surface area contributed by atoms with E-state index < -0.39 is 16.7 Å². The maximum absolute atomic E-state index is 12.6. The number of hydrogen-bond donors (Lipinski definition) is 1. The van der Waals surface area contributed by atoms with Crippen LogP contribution in [-0.2, 0) is 4.79 Å². The first-order chi connectivity index (χ1) is 15.5. The minimum absolute atomic E-state index is 0.0682. The summed E-state index contributed by atoms with van der Waals surface area (Å²) in [6.45, 7) is 0.161. The lowest BCUT2D eigenvalue weighted by molar-refractivity contribution is -0.385. The van der Waals surface area contributed by atoms with Gasteiger partial charge in [-0.2, -0.15) is 0 Å². The first-order valence-electron chi connectivity index (χ1n) is 10.4. The molecule has 0 unspecified atom stereocenters. The Labute approximate surface area is 184 Å². The Hall–Kier alpha value is -4.07. The summed E-state index contributed by atoms with van der Waals surface area (Å²) in [5, 5.41) is 16.1. The van der Waals surface area contributed by atoms with Crippen molar-refractivity contribution in [1.82, 2.24) is 4.90 Å². The number of rotatable bonds is 8. The average molecular weight is 431 g/mol. The summed E-state index contributed by atoms with van der Waals surface area (Å²) in [4.78, 5) is 48.9. The Bertz CT molecular complexity index is 1230. The van der Waals surface area contributed by atoms with E-state index in [0.717, 1.165) is 21.4 Å². The van der Waals surface area contributed by atoms with E-state index in [-0.39, 0.29) is 29.3 Å². The SMILES string of the molecule is O=C(CCCCCN1C(=O)c2cccc([N+](=O)[O-])c2C1=O)Nc1cccc2ccccc12. The van der Waals surface area contributed by atoms with Crippen molar-refractivity contribution in [3.05, 3.63) is 81.9 Å². The molecule has 0 spiro atoms. The molecule has 8 heteroatoms. The van der Waals surface area contributed by atoms with Crippen molar-refractivity contribution in [2.75, 3.05) is 11.9 Å². The predicted octanol–water partition coefficient (Wildman–Crippen LogP) is 4.54. The van der Waals surface area contributed by atoms with Crippen molar-refractivity contribution in [2.45, 2.75) is 25.7 Å². The number of nitrogens with zero attached hydrogens (tertiary/aromatic N) is 2. The zero-order valence-corrected chi connectivity index (χ0v) is 17.2. The second-order valence-corrected chi connectivity index (χ2v) is 7.60. The van der Waals surface area contributed by atoms with Gasteiger partial charge in [0.1, 0.15) is 5.56 Å². The lowest BCUT2D eigenvalue weighted by Gasteiger charge is -2.13.